The van der Waals surface area contributed by atoms with E-state index in [0.717, 1.165) is 6.42 Å². The first-order chi connectivity index (χ1) is 6.37. The zero-order chi connectivity index (χ0) is 11.2. The molecule has 0 amide bonds. The van der Waals surface area contributed by atoms with Gasteiger partial charge in [-0.1, -0.05) is 13.8 Å². The maximum absolute atomic E-state index is 10.9. The molecule has 0 aromatic heterocycles. The second-order valence-electron chi connectivity index (χ2n) is 3.91. The highest BCUT2D eigenvalue weighted by atomic mass is 35.5. The Balaban J connectivity index is 3.83. The number of rotatable bonds is 7. The predicted molar refractivity (Wildman–Crippen MR) is 61.7 cm³/mol. The average Bonchev–Trinajstić information content (AvgIpc) is 2.00. The molecule has 0 aliphatic rings. The fourth-order valence-corrected chi connectivity index (χ4v) is 1.94. The van der Waals surface area contributed by atoms with E-state index in [4.69, 9.17) is 11.6 Å². The highest BCUT2D eigenvalue weighted by Gasteiger charge is 2.12. The molecule has 0 heterocycles. The summed E-state index contributed by atoms with van der Waals surface area (Å²) in [6, 6.07) is 0.314. The number of hydrogen-bond donors (Lipinski definition) is 1. The summed E-state index contributed by atoms with van der Waals surface area (Å²) >= 11 is 5.65. The smallest absolute Gasteiger partial charge is 0.148 e. The maximum atomic E-state index is 10.9. The second-order valence-corrected chi connectivity index (χ2v) is 6.55. The Morgan fingerprint density at radius 3 is 2.29 bits per heavy atom. The van der Waals surface area contributed by atoms with E-state index < -0.39 is 9.84 Å². The van der Waals surface area contributed by atoms with E-state index in [2.05, 4.69) is 19.2 Å². The Morgan fingerprint density at radius 1 is 1.36 bits per heavy atom. The fraction of sp³-hybridized carbons (Fsp3) is 1.00. The summed E-state index contributed by atoms with van der Waals surface area (Å²) in [7, 11) is -2.86. The van der Waals surface area contributed by atoms with Crippen LogP contribution in [0.3, 0.4) is 0 Å². The van der Waals surface area contributed by atoms with E-state index >= 15 is 0 Å². The monoisotopic (exact) mass is 241 g/mol. The van der Waals surface area contributed by atoms with Crippen molar-refractivity contribution in [3.05, 3.63) is 0 Å². The van der Waals surface area contributed by atoms with Gasteiger partial charge in [0, 0.05) is 24.7 Å². The molecule has 5 heteroatoms. The predicted octanol–water partition coefficient (Wildman–Crippen LogP) is 1.27. The van der Waals surface area contributed by atoms with Gasteiger partial charge in [0.05, 0.1) is 5.75 Å². The zero-order valence-electron chi connectivity index (χ0n) is 9.09. The molecule has 86 valence electrons. The molecule has 0 saturated carbocycles. The minimum Gasteiger partial charge on any atom is -0.313 e. The molecule has 0 fully saturated rings. The summed E-state index contributed by atoms with van der Waals surface area (Å²) in [5, 5.41) is 3.21. The van der Waals surface area contributed by atoms with Crippen LogP contribution in [0.15, 0.2) is 0 Å². The summed E-state index contributed by atoms with van der Waals surface area (Å²) in [4.78, 5) is 0. The van der Waals surface area contributed by atoms with E-state index in [1.807, 2.05) is 0 Å². The molecule has 0 aromatic carbocycles. The first-order valence-electron chi connectivity index (χ1n) is 4.84. The highest BCUT2D eigenvalue weighted by Crippen LogP contribution is 2.06. The number of halogens is 1. The van der Waals surface area contributed by atoms with Crippen LogP contribution in [0.1, 0.15) is 20.3 Å². The highest BCUT2D eigenvalue weighted by molar-refractivity contribution is 7.90. The molecule has 0 aromatic rings. The van der Waals surface area contributed by atoms with Gasteiger partial charge < -0.3 is 5.32 Å². The lowest BCUT2D eigenvalue weighted by molar-refractivity contribution is 0.399. The Labute approximate surface area is 92.1 Å². The number of alkyl halides is 1. The molecule has 0 spiro atoms. The second kappa shape index (κ2) is 6.64. The first kappa shape index (κ1) is 14.2. The van der Waals surface area contributed by atoms with Crippen molar-refractivity contribution in [3.8, 4) is 0 Å². The van der Waals surface area contributed by atoms with Crippen molar-refractivity contribution in [1.29, 1.82) is 0 Å². The van der Waals surface area contributed by atoms with Gasteiger partial charge in [0.2, 0.25) is 0 Å². The van der Waals surface area contributed by atoms with Crippen LogP contribution in [0.5, 0.6) is 0 Å². The van der Waals surface area contributed by atoms with E-state index in [1.165, 1.54) is 6.26 Å². The van der Waals surface area contributed by atoms with Crippen molar-refractivity contribution in [2.24, 2.45) is 5.92 Å². The topological polar surface area (TPSA) is 46.2 Å². The van der Waals surface area contributed by atoms with E-state index in [-0.39, 0.29) is 5.75 Å². The van der Waals surface area contributed by atoms with Gasteiger partial charge in [-0.15, -0.1) is 11.6 Å². The van der Waals surface area contributed by atoms with Crippen molar-refractivity contribution in [3.63, 3.8) is 0 Å². The maximum Gasteiger partial charge on any atom is 0.148 e. The Kier molecular flexibility index (Phi) is 6.74. The van der Waals surface area contributed by atoms with Crippen molar-refractivity contribution in [2.75, 3.05) is 24.4 Å². The van der Waals surface area contributed by atoms with Crippen molar-refractivity contribution in [2.45, 2.75) is 26.3 Å². The first-order valence-corrected chi connectivity index (χ1v) is 7.43. The Hall–Kier alpha value is 0.200. The minimum atomic E-state index is -2.86. The van der Waals surface area contributed by atoms with Crippen LogP contribution in [0.4, 0.5) is 0 Å². The third-order valence-electron chi connectivity index (χ3n) is 2.10. The van der Waals surface area contributed by atoms with Crippen LogP contribution in [0.25, 0.3) is 0 Å². The summed E-state index contributed by atoms with van der Waals surface area (Å²) in [6.07, 6.45) is 2.13. The zero-order valence-corrected chi connectivity index (χ0v) is 10.7. The molecule has 0 aliphatic carbocycles. The van der Waals surface area contributed by atoms with Crippen LogP contribution in [0, 0.1) is 5.92 Å². The molecule has 1 N–H and O–H groups in total. The van der Waals surface area contributed by atoms with Gasteiger partial charge in [0.25, 0.3) is 0 Å². The standard InChI is InChI=1S/C9H20ClNO2S/c1-8(2)9(4-5-10)11-6-7-14(3,12)13/h8-9,11H,4-7H2,1-3H3. The minimum absolute atomic E-state index is 0.193. The molecule has 3 nitrogen and oxygen atoms in total. The molecule has 0 saturated heterocycles. The molecular weight excluding hydrogens is 222 g/mol. The summed E-state index contributed by atoms with van der Waals surface area (Å²) in [6.45, 7) is 4.72. The van der Waals surface area contributed by atoms with Crippen molar-refractivity contribution < 1.29 is 8.42 Å². The third-order valence-corrected chi connectivity index (χ3v) is 3.27. The Morgan fingerprint density at radius 2 is 1.93 bits per heavy atom. The normalized spacial score (nSPS) is 14.6. The Bertz CT molecular complexity index is 239. The SMILES string of the molecule is CC(C)C(CCCl)NCCS(C)(=O)=O. The van der Waals surface area contributed by atoms with Crippen LogP contribution >= 0.6 is 11.6 Å². The summed E-state index contributed by atoms with van der Waals surface area (Å²) in [5.74, 6) is 1.28. The van der Waals surface area contributed by atoms with Gasteiger partial charge in [0.1, 0.15) is 9.84 Å². The summed E-state index contributed by atoms with van der Waals surface area (Å²) in [5.41, 5.74) is 0. The van der Waals surface area contributed by atoms with E-state index in [9.17, 15) is 8.42 Å². The largest absolute Gasteiger partial charge is 0.313 e. The van der Waals surface area contributed by atoms with Crippen LogP contribution in [-0.4, -0.2) is 38.9 Å². The lowest BCUT2D eigenvalue weighted by Gasteiger charge is -2.21. The van der Waals surface area contributed by atoms with Gasteiger partial charge in [-0.25, -0.2) is 8.42 Å². The quantitative estimate of drug-likeness (QED) is 0.683. The van der Waals surface area contributed by atoms with E-state index in [1.54, 1.807) is 0 Å². The summed E-state index contributed by atoms with van der Waals surface area (Å²) < 4.78 is 21.7. The molecule has 0 radical (unpaired) electrons. The molecule has 1 atom stereocenters. The fourth-order valence-electron chi connectivity index (χ4n) is 1.22. The van der Waals surface area contributed by atoms with Crippen molar-refractivity contribution in [1.82, 2.24) is 5.32 Å². The molecule has 0 rings (SSSR count). The lowest BCUT2D eigenvalue weighted by Crippen LogP contribution is -2.37. The molecular formula is C9H20ClNO2S. The number of sulfone groups is 1. The third kappa shape index (κ3) is 7.59. The van der Waals surface area contributed by atoms with Gasteiger partial charge in [0.15, 0.2) is 0 Å². The van der Waals surface area contributed by atoms with Crippen molar-refractivity contribution >= 4 is 21.4 Å². The molecule has 0 aliphatic heterocycles. The molecule has 14 heavy (non-hydrogen) atoms. The molecule has 0 bridgehead atoms. The molecule has 1 unspecified atom stereocenters. The van der Waals surface area contributed by atoms with Gasteiger partial charge in [-0.2, -0.15) is 0 Å². The van der Waals surface area contributed by atoms with Gasteiger partial charge in [-0.3, -0.25) is 0 Å². The number of nitrogens with one attached hydrogen (secondary N) is 1. The van der Waals surface area contributed by atoms with Crippen LogP contribution in [0.2, 0.25) is 0 Å². The van der Waals surface area contributed by atoms with Crippen LogP contribution < -0.4 is 5.32 Å². The average molecular weight is 242 g/mol. The lowest BCUT2D eigenvalue weighted by atomic mass is 10.0. The van der Waals surface area contributed by atoms with Gasteiger partial charge in [-0.05, 0) is 12.3 Å². The van der Waals surface area contributed by atoms with E-state index in [0.29, 0.717) is 24.4 Å². The van der Waals surface area contributed by atoms with Gasteiger partial charge >= 0.3 is 0 Å². The van der Waals surface area contributed by atoms with Crippen LogP contribution in [-0.2, 0) is 9.84 Å². The number of hydrogen-bond acceptors (Lipinski definition) is 3.